The van der Waals surface area contributed by atoms with Gasteiger partial charge in [-0.25, -0.2) is 4.68 Å². The number of aromatic nitrogens is 3. The maximum atomic E-state index is 12.3. The zero-order valence-electron chi connectivity index (χ0n) is 14.3. The fourth-order valence-electron chi connectivity index (χ4n) is 2.89. The zero-order chi connectivity index (χ0) is 17.9. The van der Waals surface area contributed by atoms with E-state index in [4.69, 9.17) is 9.47 Å². The van der Waals surface area contributed by atoms with E-state index in [0.29, 0.717) is 6.54 Å². The largest absolute Gasteiger partial charge is 0.497 e. The standard InChI is InChI=1S/C19H18N4O3/c1-25-15-8-6-14(7-9-15)23-12-17(21-22-23)19(24)20-11-16-10-13-4-2-3-5-18(13)26-16/h2-9,12,16H,10-11H2,1H3,(H,20,24)/t16-/m0/s1. The lowest BCUT2D eigenvalue weighted by Gasteiger charge is -2.10. The Bertz CT molecular complexity index is 896. The van der Waals surface area contributed by atoms with Crippen LogP contribution in [0.15, 0.2) is 54.7 Å². The van der Waals surface area contributed by atoms with E-state index >= 15 is 0 Å². The summed E-state index contributed by atoms with van der Waals surface area (Å²) in [5.74, 6) is 1.37. The molecule has 1 aliphatic heterocycles. The predicted molar refractivity (Wildman–Crippen MR) is 94.8 cm³/mol. The van der Waals surface area contributed by atoms with E-state index in [0.717, 1.165) is 29.2 Å². The van der Waals surface area contributed by atoms with Gasteiger partial charge in [0.25, 0.3) is 5.91 Å². The molecular formula is C19H18N4O3. The van der Waals surface area contributed by atoms with Crippen LogP contribution in [-0.2, 0) is 6.42 Å². The Balaban J connectivity index is 1.36. The Morgan fingerprint density at radius 1 is 1.27 bits per heavy atom. The first-order valence-corrected chi connectivity index (χ1v) is 8.32. The van der Waals surface area contributed by atoms with Gasteiger partial charge in [-0.05, 0) is 35.9 Å². The summed E-state index contributed by atoms with van der Waals surface area (Å²) in [6.45, 7) is 0.420. The SMILES string of the molecule is COc1ccc(-n2cc(C(=O)NC[C@@H]3Cc4ccccc4O3)nn2)cc1. The molecule has 7 heteroatoms. The molecule has 0 saturated carbocycles. The van der Waals surface area contributed by atoms with Gasteiger partial charge >= 0.3 is 0 Å². The summed E-state index contributed by atoms with van der Waals surface area (Å²) < 4.78 is 12.5. The summed E-state index contributed by atoms with van der Waals surface area (Å²) in [6, 6.07) is 15.3. The van der Waals surface area contributed by atoms with Crippen molar-refractivity contribution in [1.29, 1.82) is 0 Å². The molecule has 26 heavy (non-hydrogen) atoms. The third-order valence-corrected chi connectivity index (χ3v) is 4.27. The van der Waals surface area contributed by atoms with Crippen LogP contribution in [0.4, 0.5) is 0 Å². The number of nitrogens with one attached hydrogen (secondary N) is 1. The zero-order valence-corrected chi connectivity index (χ0v) is 14.3. The van der Waals surface area contributed by atoms with Crippen LogP contribution < -0.4 is 14.8 Å². The molecule has 7 nitrogen and oxygen atoms in total. The summed E-state index contributed by atoms with van der Waals surface area (Å²) in [5, 5.41) is 10.8. The molecule has 1 atom stereocenters. The van der Waals surface area contributed by atoms with Crippen LogP contribution in [0.3, 0.4) is 0 Å². The summed E-state index contributed by atoms with van der Waals surface area (Å²) in [6.07, 6.45) is 2.32. The fraction of sp³-hybridized carbons (Fsp3) is 0.211. The molecule has 0 fully saturated rings. The molecule has 4 rings (SSSR count). The highest BCUT2D eigenvalue weighted by molar-refractivity contribution is 5.91. The molecule has 2 aromatic carbocycles. The Hall–Kier alpha value is -3.35. The molecule has 0 radical (unpaired) electrons. The molecule has 1 aromatic heterocycles. The minimum absolute atomic E-state index is 0.0621. The molecule has 1 N–H and O–H groups in total. The Kier molecular flexibility index (Phi) is 4.27. The number of methoxy groups -OCH3 is 1. The van der Waals surface area contributed by atoms with Gasteiger partial charge in [0.2, 0.25) is 0 Å². The van der Waals surface area contributed by atoms with Crippen LogP contribution in [0.25, 0.3) is 5.69 Å². The van der Waals surface area contributed by atoms with Crippen molar-refractivity contribution >= 4 is 5.91 Å². The van der Waals surface area contributed by atoms with Gasteiger partial charge in [0.05, 0.1) is 25.5 Å². The van der Waals surface area contributed by atoms with Crippen LogP contribution in [0.1, 0.15) is 16.1 Å². The van der Waals surface area contributed by atoms with Crippen molar-refractivity contribution < 1.29 is 14.3 Å². The molecule has 0 unspecified atom stereocenters. The molecule has 0 aliphatic carbocycles. The second-order valence-electron chi connectivity index (χ2n) is 6.01. The Morgan fingerprint density at radius 2 is 2.08 bits per heavy atom. The molecule has 0 bridgehead atoms. The summed E-state index contributed by atoms with van der Waals surface area (Å²) in [7, 11) is 1.61. The van der Waals surface area contributed by atoms with Crippen molar-refractivity contribution in [2.24, 2.45) is 0 Å². The van der Waals surface area contributed by atoms with E-state index in [1.807, 2.05) is 48.5 Å². The molecule has 3 aromatic rings. The lowest BCUT2D eigenvalue weighted by Crippen LogP contribution is -2.34. The number of hydrogen-bond acceptors (Lipinski definition) is 5. The Morgan fingerprint density at radius 3 is 2.85 bits per heavy atom. The van der Waals surface area contributed by atoms with Crippen molar-refractivity contribution in [3.8, 4) is 17.2 Å². The molecular weight excluding hydrogens is 332 g/mol. The molecule has 1 aliphatic rings. The predicted octanol–water partition coefficient (Wildman–Crippen LogP) is 2.01. The van der Waals surface area contributed by atoms with Gasteiger partial charge in [0, 0.05) is 6.42 Å². The van der Waals surface area contributed by atoms with E-state index in [9.17, 15) is 4.79 Å². The number of carbonyl (C=O) groups excluding carboxylic acids is 1. The number of benzene rings is 2. The van der Waals surface area contributed by atoms with Crippen molar-refractivity contribution in [3.05, 3.63) is 66.0 Å². The van der Waals surface area contributed by atoms with E-state index in [2.05, 4.69) is 15.6 Å². The highest BCUT2D eigenvalue weighted by Crippen LogP contribution is 2.27. The third kappa shape index (κ3) is 3.23. The van der Waals surface area contributed by atoms with Crippen molar-refractivity contribution in [1.82, 2.24) is 20.3 Å². The highest BCUT2D eigenvalue weighted by atomic mass is 16.5. The van der Waals surface area contributed by atoms with E-state index in [1.54, 1.807) is 18.0 Å². The first-order valence-electron chi connectivity index (χ1n) is 8.32. The van der Waals surface area contributed by atoms with Crippen LogP contribution in [0.5, 0.6) is 11.5 Å². The third-order valence-electron chi connectivity index (χ3n) is 4.27. The minimum Gasteiger partial charge on any atom is -0.497 e. The van der Waals surface area contributed by atoms with Gasteiger partial charge in [-0.15, -0.1) is 5.10 Å². The van der Waals surface area contributed by atoms with Crippen molar-refractivity contribution in [2.75, 3.05) is 13.7 Å². The van der Waals surface area contributed by atoms with Crippen LogP contribution >= 0.6 is 0 Å². The number of para-hydroxylation sites is 1. The Labute approximate surface area is 150 Å². The minimum atomic E-state index is -0.274. The average Bonchev–Trinajstić information content (AvgIpc) is 3.33. The van der Waals surface area contributed by atoms with Gasteiger partial charge in [0.15, 0.2) is 5.69 Å². The number of nitrogens with zero attached hydrogens (tertiary/aromatic N) is 3. The number of fused-ring (bicyclic) bond motifs is 1. The molecule has 1 amide bonds. The number of hydrogen-bond donors (Lipinski definition) is 1. The first kappa shape index (κ1) is 16.1. The second kappa shape index (κ2) is 6.87. The lowest BCUT2D eigenvalue weighted by atomic mass is 10.1. The first-order chi connectivity index (χ1) is 12.7. The second-order valence-corrected chi connectivity index (χ2v) is 6.01. The quantitative estimate of drug-likeness (QED) is 0.762. The van der Waals surface area contributed by atoms with Gasteiger partial charge in [-0.3, -0.25) is 4.79 Å². The summed E-state index contributed by atoms with van der Waals surface area (Å²) >= 11 is 0. The topological polar surface area (TPSA) is 78.3 Å². The van der Waals surface area contributed by atoms with Gasteiger partial charge < -0.3 is 14.8 Å². The summed E-state index contributed by atoms with van der Waals surface area (Å²) in [4.78, 5) is 12.3. The summed E-state index contributed by atoms with van der Waals surface area (Å²) in [5.41, 5.74) is 2.22. The molecule has 0 saturated heterocycles. The normalized spacial score (nSPS) is 15.2. The van der Waals surface area contributed by atoms with Gasteiger partial charge in [0.1, 0.15) is 17.6 Å². The smallest absolute Gasteiger partial charge is 0.273 e. The van der Waals surface area contributed by atoms with Crippen molar-refractivity contribution in [3.63, 3.8) is 0 Å². The maximum Gasteiger partial charge on any atom is 0.273 e. The average molecular weight is 350 g/mol. The number of carbonyl (C=O) groups is 1. The van der Waals surface area contributed by atoms with E-state index in [-0.39, 0.29) is 17.7 Å². The maximum absolute atomic E-state index is 12.3. The van der Waals surface area contributed by atoms with Crippen LogP contribution in [0, 0.1) is 0 Å². The number of ether oxygens (including phenoxy) is 2. The fourth-order valence-corrected chi connectivity index (χ4v) is 2.89. The molecule has 2 heterocycles. The van der Waals surface area contributed by atoms with E-state index < -0.39 is 0 Å². The van der Waals surface area contributed by atoms with Gasteiger partial charge in [-0.2, -0.15) is 0 Å². The van der Waals surface area contributed by atoms with Gasteiger partial charge in [-0.1, -0.05) is 23.4 Å². The number of amides is 1. The monoisotopic (exact) mass is 350 g/mol. The van der Waals surface area contributed by atoms with Crippen LogP contribution in [0.2, 0.25) is 0 Å². The highest BCUT2D eigenvalue weighted by Gasteiger charge is 2.23. The number of rotatable bonds is 5. The molecule has 132 valence electrons. The lowest BCUT2D eigenvalue weighted by molar-refractivity contribution is 0.0928. The van der Waals surface area contributed by atoms with Crippen LogP contribution in [-0.4, -0.2) is 40.7 Å². The van der Waals surface area contributed by atoms with E-state index in [1.165, 1.54) is 0 Å². The molecule has 0 spiro atoms. The van der Waals surface area contributed by atoms with Crippen molar-refractivity contribution in [2.45, 2.75) is 12.5 Å².